The third-order valence-corrected chi connectivity index (χ3v) is 3.40. The van der Waals surface area contributed by atoms with E-state index in [1.165, 1.54) is 18.3 Å². The van der Waals surface area contributed by atoms with Crippen molar-refractivity contribution in [3.05, 3.63) is 70.9 Å². The third kappa shape index (κ3) is 5.34. The molecule has 0 aromatic heterocycles. The predicted molar refractivity (Wildman–Crippen MR) is 93.6 cm³/mol. The minimum absolute atomic E-state index is 0.0370. The van der Waals surface area contributed by atoms with Crippen molar-refractivity contribution in [2.75, 3.05) is 11.9 Å². The number of benzene rings is 2. The number of hydrogen-bond acceptors (Lipinski definition) is 4. The molecule has 0 atom stereocenters. The monoisotopic (exact) mass is 341 g/mol. The maximum Gasteiger partial charge on any atom is 0.267 e. The Bertz CT molecular complexity index is 797. The van der Waals surface area contributed by atoms with E-state index in [4.69, 9.17) is 16.9 Å². The van der Waals surface area contributed by atoms with Gasteiger partial charge in [-0.1, -0.05) is 29.8 Å². The molecule has 0 saturated heterocycles. The smallest absolute Gasteiger partial charge is 0.267 e. The van der Waals surface area contributed by atoms with Gasteiger partial charge in [0, 0.05) is 29.5 Å². The van der Waals surface area contributed by atoms with E-state index in [9.17, 15) is 9.90 Å². The van der Waals surface area contributed by atoms with E-state index in [-0.39, 0.29) is 11.3 Å². The lowest BCUT2D eigenvalue weighted by Gasteiger charge is -2.06. The van der Waals surface area contributed by atoms with E-state index < -0.39 is 5.91 Å². The zero-order valence-electron chi connectivity index (χ0n) is 12.8. The second kappa shape index (κ2) is 8.61. The third-order valence-electron chi connectivity index (χ3n) is 3.16. The van der Waals surface area contributed by atoms with E-state index in [0.29, 0.717) is 23.7 Å². The number of nitriles is 1. The highest BCUT2D eigenvalue weighted by atomic mass is 35.5. The molecule has 0 saturated carbocycles. The maximum atomic E-state index is 12.0. The molecule has 5 nitrogen and oxygen atoms in total. The Morgan fingerprint density at radius 2 is 2.04 bits per heavy atom. The van der Waals surface area contributed by atoms with Gasteiger partial charge in [0.25, 0.3) is 5.91 Å². The fraction of sp³-hybridized carbons (Fsp3) is 0.111. The number of phenolic OH excluding ortho intramolecular Hbond substituents is 1. The predicted octanol–water partition coefficient (Wildman–Crippen LogP) is 3.22. The van der Waals surface area contributed by atoms with Gasteiger partial charge in [0.05, 0.1) is 0 Å². The molecule has 0 aliphatic rings. The molecule has 2 aromatic rings. The van der Waals surface area contributed by atoms with Crippen molar-refractivity contribution in [2.24, 2.45) is 0 Å². The number of phenols is 1. The fourth-order valence-electron chi connectivity index (χ4n) is 2.01. The lowest BCUT2D eigenvalue weighted by atomic mass is 10.1. The van der Waals surface area contributed by atoms with Gasteiger partial charge in [-0.15, -0.1) is 0 Å². The summed E-state index contributed by atoms with van der Waals surface area (Å²) in [6.45, 7) is 0.560. The van der Waals surface area contributed by atoms with Crippen LogP contribution in [0.3, 0.4) is 0 Å². The normalized spacial score (nSPS) is 10.8. The molecule has 24 heavy (non-hydrogen) atoms. The van der Waals surface area contributed by atoms with Crippen LogP contribution >= 0.6 is 11.6 Å². The summed E-state index contributed by atoms with van der Waals surface area (Å²) in [7, 11) is 0. The molecule has 6 heteroatoms. The van der Waals surface area contributed by atoms with Crippen LogP contribution in [0.5, 0.6) is 5.75 Å². The number of halogens is 1. The molecule has 0 fully saturated rings. The summed E-state index contributed by atoms with van der Waals surface area (Å²) < 4.78 is 0. The molecule has 1 amide bonds. The van der Waals surface area contributed by atoms with E-state index in [2.05, 4.69) is 10.6 Å². The first-order valence-corrected chi connectivity index (χ1v) is 7.65. The molecule has 0 aliphatic heterocycles. The summed E-state index contributed by atoms with van der Waals surface area (Å²) in [4.78, 5) is 12.0. The first kappa shape index (κ1) is 17.4. The van der Waals surface area contributed by atoms with Gasteiger partial charge in [-0.2, -0.15) is 5.26 Å². The highest BCUT2D eigenvalue weighted by Crippen LogP contribution is 2.16. The minimum Gasteiger partial charge on any atom is -0.508 e. The van der Waals surface area contributed by atoms with Crippen molar-refractivity contribution in [1.82, 2.24) is 5.32 Å². The molecule has 0 bridgehead atoms. The molecular weight excluding hydrogens is 326 g/mol. The van der Waals surface area contributed by atoms with Gasteiger partial charge >= 0.3 is 0 Å². The van der Waals surface area contributed by atoms with Crippen LogP contribution in [0.25, 0.3) is 0 Å². The van der Waals surface area contributed by atoms with E-state index in [0.717, 1.165) is 5.56 Å². The van der Waals surface area contributed by atoms with Crippen LogP contribution in [0.4, 0.5) is 5.69 Å². The average Bonchev–Trinajstić information content (AvgIpc) is 2.55. The number of anilines is 1. The molecule has 0 spiro atoms. The number of amides is 1. The second-order valence-electron chi connectivity index (χ2n) is 5.01. The van der Waals surface area contributed by atoms with Crippen LogP contribution in [-0.2, 0) is 11.2 Å². The molecular formula is C18H16ClN3O2. The van der Waals surface area contributed by atoms with Crippen molar-refractivity contribution in [1.29, 1.82) is 5.26 Å². The molecule has 0 unspecified atom stereocenters. The summed E-state index contributed by atoms with van der Waals surface area (Å²) in [6.07, 6.45) is 2.09. The van der Waals surface area contributed by atoms with Crippen molar-refractivity contribution in [2.45, 2.75) is 6.42 Å². The molecule has 122 valence electrons. The van der Waals surface area contributed by atoms with Gasteiger partial charge in [-0.3, -0.25) is 4.79 Å². The van der Waals surface area contributed by atoms with Crippen LogP contribution in [0.15, 0.2) is 60.3 Å². The van der Waals surface area contributed by atoms with E-state index in [1.807, 2.05) is 24.3 Å². The van der Waals surface area contributed by atoms with Crippen molar-refractivity contribution >= 4 is 23.2 Å². The van der Waals surface area contributed by atoms with E-state index >= 15 is 0 Å². The summed E-state index contributed by atoms with van der Waals surface area (Å²) >= 11 is 5.91. The highest BCUT2D eigenvalue weighted by molar-refractivity contribution is 6.30. The van der Waals surface area contributed by atoms with Gasteiger partial charge in [0.15, 0.2) is 0 Å². The summed E-state index contributed by atoms with van der Waals surface area (Å²) in [6, 6.07) is 15.5. The minimum atomic E-state index is -0.543. The molecule has 2 rings (SSSR count). The molecule has 2 aromatic carbocycles. The van der Waals surface area contributed by atoms with Crippen LogP contribution in [-0.4, -0.2) is 17.6 Å². The first-order chi connectivity index (χ1) is 11.6. The number of carbonyl (C=O) groups excluding carboxylic acids is 1. The van der Waals surface area contributed by atoms with E-state index in [1.54, 1.807) is 18.2 Å². The number of aromatic hydroxyl groups is 1. The van der Waals surface area contributed by atoms with Crippen molar-refractivity contribution < 1.29 is 9.90 Å². The largest absolute Gasteiger partial charge is 0.508 e. The Kier molecular flexibility index (Phi) is 6.23. The zero-order valence-corrected chi connectivity index (χ0v) is 13.5. The number of nitrogens with zero attached hydrogens (tertiary/aromatic N) is 1. The number of nitrogens with one attached hydrogen (secondary N) is 2. The molecule has 0 heterocycles. The van der Waals surface area contributed by atoms with Crippen LogP contribution in [0, 0.1) is 11.3 Å². The van der Waals surface area contributed by atoms with Crippen LogP contribution in [0.2, 0.25) is 5.02 Å². The number of carbonyl (C=O) groups is 1. The summed E-state index contributed by atoms with van der Waals surface area (Å²) in [5.41, 5.74) is 1.43. The van der Waals surface area contributed by atoms with Gasteiger partial charge in [-0.05, 0) is 36.2 Å². The zero-order chi connectivity index (χ0) is 17.4. The Morgan fingerprint density at radius 1 is 1.25 bits per heavy atom. The van der Waals surface area contributed by atoms with Gasteiger partial charge < -0.3 is 15.7 Å². The second-order valence-corrected chi connectivity index (χ2v) is 5.44. The highest BCUT2D eigenvalue weighted by Gasteiger charge is 2.09. The Balaban J connectivity index is 1.89. The standard InChI is InChI=1S/C18H16ClN3O2/c19-15-4-1-3-13(9-15)7-8-21-12-14(11-20)18(24)22-16-5-2-6-17(23)10-16/h1-6,9-10,12,21,23H,7-8H2,(H,22,24)/b14-12-. The summed E-state index contributed by atoms with van der Waals surface area (Å²) in [5, 5.41) is 24.6. The first-order valence-electron chi connectivity index (χ1n) is 7.27. The van der Waals surface area contributed by atoms with Crippen molar-refractivity contribution in [3.8, 4) is 11.8 Å². The van der Waals surface area contributed by atoms with Gasteiger partial charge in [-0.25, -0.2) is 0 Å². The number of rotatable bonds is 6. The lowest BCUT2D eigenvalue weighted by molar-refractivity contribution is -0.112. The molecule has 3 N–H and O–H groups in total. The summed E-state index contributed by atoms with van der Waals surface area (Å²) in [5.74, 6) is -0.506. The Hall–Kier alpha value is -2.97. The lowest BCUT2D eigenvalue weighted by Crippen LogP contribution is -2.17. The topological polar surface area (TPSA) is 85.2 Å². The Labute approximate surface area is 145 Å². The number of hydrogen-bond donors (Lipinski definition) is 3. The maximum absolute atomic E-state index is 12.0. The van der Waals surface area contributed by atoms with Crippen molar-refractivity contribution in [3.63, 3.8) is 0 Å². The SMILES string of the molecule is N#C/C(=C/NCCc1cccc(Cl)c1)C(=O)Nc1cccc(O)c1. The Morgan fingerprint density at radius 3 is 2.75 bits per heavy atom. The molecule has 0 radical (unpaired) electrons. The quantitative estimate of drug-likeness (QED) is 0.428. The fourth-order valence-corrected chi connectivity index (χ4v) is 2.23. The van der Waals surface area contributed by atoms with Crippen LogP contribution in [0.1, 0.15) is 5.56 Å². The van der Waals surface area contributed by atoms with Gasteiger partial charge in [0.2, 0.25) is 0 Å². The van der Waals surface area contributed by atoms with Crippen LogP contribution < -0.4 is 10.6 Å². The van der Waals surface area contributed by atoms with Gasteiger partial charge in [0.1, 0.15) is 17.4 Å². The average molecular weight is 342 g/mol. The molecule has 0 aliphatic carbocycles.